The fourth-order valence-corrected chi connectivity index (χ4v) is 2.80. The second-order valence-corrected chi connectivity index (χ2v) is 6.13. The Bertz CT molecular complexity index is 1000. The average molecular weight is 369 g/mol. The Labute approximate surface area is 156 Å². The van der Waals surface area contributed by atoms with Crippen molar-refractivity contribution in [2.24, 2.45) is 0 Å². The molecule has 1 N–H and O–H groups in total. The van der Waals surface area contributed by atoms with E-state index in [1.54, 1.807) is 43.3 Å². The molecule has 0 fully saturated rings. The third-order valence-corrected chi connectivity index (χ3v) is 4.10. The summed E-state index contributed by atoms with van der Waals surface area (Å²) in [6.07, 6.45) is 1.48. The standard InChI is InChI=1S/C20H17ClN2O3/c1-3-26-20(25)17-11-22-18-8-7-14(21)10-16(18)19(17)23-15-6-4-5-13(9-15)12(2)24/h4-11H,3H2,1-2H3,(H,22,23). The van der Waals surface area contributed by atoms with Gasteiger partial charge in [0.15, 0.2) is 5.78 Å². The summed E-state index contributed by atoms with van der Waals surface area (Å²) in [5, 5.41) is 4.45. The van der Waals surface area contributed by atoms with Crippen molar-refractivity contribution < 1.29 is 14.3 Å². The second kappa shape index (κ2) is 7.54. The van der Waals surface area contributed by atoms with Gasteiger partial charge in [0.1, 0.15) is 5.56 Å². The van der Waals surface area contributed by atoms with Gasteiger partial charge in [0.25, 0.3) is 0 Å². The van der Waals surface area contributed by atoms with E-state index in [1.807, 2.05) is 6.07 Å². The molecule has 1 aromatic heterocycles. The van der Waals surface area contributed by atoms with Crippen molar-refractivity contribution in [1.29, 1.82) is 0 Å². The van der Waals surface area contributed by atoms with E-state index in [0.717, 1.165) is 0 Å². The molecule has 6 heteroatoms. The first-order valence-corrected chi connectivity index (χ1v) is 8.50. The van der Waals surface area contributed by atoms with Crippen LogP contribution in [-0.4, -0.2) is 23.3 Å². The summed E-state index contributed by atoms with van der Waals surface area (Å²) >= 11 is 6.14. The van der Waals surface area contributed by atoms with Crippen LogP contribution in [0.4, 0.5) is 11.4 Å². The highest BCUT2D eigenvalue weighted by Gasteiger charge is 2.17. The van der Waals surface area contributed by atoms with Gasteiger partial charge in [-0.1, -0.05) is 23.7 Å². The summed E-state index contributed by atoms with van der Waals surface area (Å²) < 4.78 is 5.14. The molecule has 0 aliphatic rings. The van der Waals surface area contributed by atoms with E-state index in [1.165, 1.54) is 13.1 Å². The quantitative estimate of drug-likeness (QED) is 0.506. The highest BCUT2D eigenvalue weighted by molar-refractivity contribution is 6.31. The van der Waals surface area contributed by atoms with Gasteiger partial charge in [-0.2, -0.15) is 0 Å². The number of hydrogen-bond acceptors (Lipinski definition) is 5. The minimum absolute atomic E-state index is 0.0399. The fraction of sp³-hybridized carbons (Fsp3) is 0.150. The van der Waals surface area contributed by atoms with Gasteiger partial charge in [0, 0.05) is 27.9 Å². The monoisotopic (exact) mass is 368 g/mol. The number of fused-ring (bicyclic) bond motifs is 1. The highest BCUT2D eigenvalue weighted by atomic mass is 35.5. The van der Waals surface area contributed by atoms with E-state index >= 15 is 0 Å². The highest BCUT2D eigenvalue weighted by Crippen LogP contribution is 2.31. The maximum Gasteiger partial charge on any atom is 0.341 e. The first-order valence-electron chi connectivity index (χ1n) is 8.13. The zero-order valence-corrected chi connectivity index (χ0v) is 15.1. The van der Waals surface area contributed by atoms with Crippen LogP contribution in [0.25, 0.3) is 10.9 Å². The van der Waals surface area contributed by atoms with Crippen molar-refractivity contribution in [2.75, 3.05) is 11.9 Å². The summed E-state index contributed by atoms with van der Waals surface area (Å²) in [6, 6.07) is 12.3. The van der Waals surface area contributed by atoms with Crippen LogP contribution in [0.3, 0.4) is 0 Å². The molecule has 0 spiro atoms. The molecule has 5 nitrogen and oxygen atoms in total. The van der Waals surface area contributed by atoms with Crippen molar-refractivity contribution in [3.63, 3.8) is 0 Å². The SMILES string of the molecule is CCOC(=O)c1cnc2ccc(Cl)cc2c1Nc1cccc(C(C)=O)c1. The van der Waals surface area contributed by atoms with Crippen molar-refractivity contribution in [1.82, 2.24) is 4.98 Å². The molecular formula is C20H17ClN2O3. The lowest BCUT2D eigenvalue weighted by atomic mass is 10.1. The lowest BCUT2D eigenvalue weighted by molar-refractivity contribution is 0.0527. The van der Waals surface area contributed by atoms with Crippen molar-refractivity contribution >= 4 is 45.6 Å². The zero-order valence-electron chi connectivity index (χ0n) is 14.4. The van der Waals surface area contributed by atoms with Crippen LogP contribution < -0.4 is 5.32 Å². The van der Waals surface area contributed by atoms with Crippen LogP contribution in [0.5, 0.6) is 0 Å². The Balaban J connectivity index is 2.16. The van der Waals surface area contributed by atoms with Gasteiger partial charge in [-0.05, 0) is 44.2 Å². The molecule has 1 heterocycles. The lowest BCUT2D eigenvalue weighted by Crippen LogP contribution is -2.09. The van der Waals surface area contributed by atoms with E-state index in [9.17, 15) is 9.59 Å². The molecule has 0 aliphatic carbocycles. The number of anilines is 2. The van der Waals surface area contributed by atoms with Gasteiger partial charge in [0.05, 0.1) is 17.8 Å². The summed E-state index contributed by atoms with van der Waals surface area (Å²) in [7, 11) is 0. The van der Waals surface area contributed by atoms with Gasteiger partial charge in [0.2, 0.25) is 0 Å². The largest absolute Gasteiger partial charge is 0.462 e. The molecule has 0 atom stereocenters. The number of hydrogen-bond donors (Lipinski definition) is 1. The molecular weight excluding hydrogens is 352 g/mol. The summed E-state index contributed by atoms with van der Waals surface area (Å²) in [4.78, 5) is 28.3. The molecule has 0 saturated heterocycles. The predicted molar refractivity (Wildman–Crippen MR) is 102 cm³/mol. The summed E-state index contributed by atoms with van der Waals surface area (Å²) in [5.41, 5.74) is 2.78. The van der Waals surface area contributed by atoms with E-state index in [-0.39, 0.29) is 12.4 Å². The molecule has 0 aliphatic heterocycles. The molecule has 0 bridgehead atoms. The van der Waals surface area contributed by atoms with Crippen LogP contribution in [0.15, 0.2) is 48.7 Å². The molecule has 2 aromatic carbocycles. The van der Waals surface area contributed by atoms with Gasteiger partial charge in [-0.15, -0.1) is 0 Å². The number of ether oxygens (including phenoxy) is 1. The Morgan fingerprint density at radius 3 is 2.73 bits per heavy atom. The topological polar surface area (TPSA) is 68.3 Å². The maximum absolute atomic E-state index is 12.4. The molecule has 0 unspecified atom stereocenters. The zero-order chi connectivity index (χ0) is 18.7. The molecule has 3 rings (SSSR count). The molecule has 26 heavy (non-hydrogen) atoms. The van der Waals surface area contributed by atoms with Gasteiger partial charge in [-0.3, -0.25) is 9.78 Å². The number of halogens is 1. The lowest BCUT2D eigenvalue weighted by Gasteiger charge is -2.15. The van der Waals surface area contributed by atoms with Gasteiger partial charge in [-0.25, -0.2) is 4.79 Å². The number of rotatable bonds is 5. The number of nitrogens with zero attached hydrogens (tertiary/aromatic N) is 1. The maximum atomic E-state index is 12.4. The third-order valence-electron chi connectivity index (χ3n) is 3.86. The normalized spacial score (nSPS) is 10.6. The number of carbonyl (C=O) groups excluding carboxylic acids is 2. The molecule has 0 amide bonds. The molecule has 0 radical (unpaired) electrons. The van der Waals surface area contributed by atoms with Crippen LogP contribution in [-0.2, 0) is 4.74 Å². The first kappa shape index (κ1) is 17.9. The summed E-state index contributed by atoms with van der Waals surface area (Å²) in [5.74, 6) is -0.519. The van der Waals surface area contributed by atoms with E-state index in [2.05, 4.69) is 10.3 Å². The van der Waals surface area contributed by atoms with Crippen molar-refractivity contribution in [3.05, 3.63) is 64.8 Å². The van der Waals surface area contributed by atoms with Gasteiger partial charge >= 0.3 is 5.97 Å². The number of Topliss-reactive ketones (excluding diaryl/α,β-unsaturated/α-hetero) is 1. The van der Waals surface area contributed by atoms with E-state index < -0.39 is 5.97 Å². The molecule has 0 saturated carbocycles. The van der Waals surface area contributed by atoms with E-state index in [4.69, 9.17) is 16.3 Å². The van der Waals surface area contributed by atoms with E-state index in [0.29, 0.717) is 38.4 Å². The Morgan fingerprint density at radius 2 is 2.00 bits per heavy atom. The summed E-state index contributed by atoms with van der Waals surface area (Å²) in [6.45, 7) is 3.50. The number of esters is 1. The minimum Gasteiger partial charge on any atom is -0.462 e. The Hall–Kier alpha value is -2.92. The van der Waals surface area contributed by atoms with Crippen molar-refractivity contribution in [2.45, 2.75) is 13.8 Å². The third kappa shape index (κ3) is 3.68. The molecule has 3 aromatic rings. The van der Waals surface area contributed by atoms with Gasteiger partial charge < -0.3 is 10.1 Å². The predicted octanol–water partition coefficient (Wildman–Crippen LogP) is 5.01. The number of nitrogens with one attached hydrogen (secondary N) is 1. The Kier molecular flexibility index (Phi) is 5.19. The smallest absolute Gasteiger partial charge is 0.341 e. The van der Waals surface area contributed by atoms with Crippen LogP contribution >= 0.6 is 11.6 Å². The number of benzene rings is 2. The van der Waals surface area contributed by atoms with Crippen molar-refractivity contribution in [3.8, 4) is 0 Å². The fourth-order valence-electron chi connectivity index (χ4n) is 2.62. The van der Waals surface area contributed by atoms with Crippen LogP contribution in [0.1, 0.15) is 34.6 Å². The number of aromatic nitrogens is 1. The molecule has 132 valence electrons. The van der Waals surface area contributed by atoms with Crippen LogP contribution in [0.2, 0.25) is 5.02 Å². The average Bonchev–Trinajstić information content (AvgIpc) is 2.62. The second-order valence-electron chi connectivity index (χ2n) is 5.69. The number of carbonyl (C=O) groups is 2. The number of pyridine rings is 1. The van der Waals surface area contributed by atoms with Crippen LogP contribution in [0, 0.1) is 0 Å². The Morgan fingerprint density at radius 1 is 1.19 bits per heavy atom. The number of ketones is 1. The minimum atomic E-state index is -0.480. The first-order chi connectivity index (χ1) is 12.5.